The molecule has 4 rings (SSSR count). The average Bonchev–Trinajstić information content (AvgIpc) is 3.35. The third kappa shape index (κ3) is 3.63. The van der Waals surface area contributed by atoms with Gasteiger partial charge in [0.15, 0.2) is 20.7 Å². The van der Waals surface area contributed by atoms with Crippen LogP contribution in [-0.4, -0.2) is 58.5 Å². The van der Waals surface area contributed by atoms with Gasteiger partial charge in [-0.1, -0.05) is 6.07 Å². The highest BCUT2D eigenvalue weighted by Gasteiger charge is 2.32. The number of aromatic nitrogens is 5. The van der Waals surface area contributed by atoms with Gasteiger partial charge in [0.1, 0.15) is 17.8 Å². The average molecular weight is 427 g/mol. The molecule has 0 unspecified atom stereocenters. The molecule has 0 radical (unpaired) electrons. The maximum absolute atomic E-state index is 13.0. The lowest BCUT2D eigenvalue weighted by Gasteiger charge is -2.18. The van der Waals surface area contributed by atoms with Crippen molar-refractivity contribution in [2.75, 3.05) is 29.1 Å². The monoisotopic (exact) mass is 427 g/mol. The Morgan fingerprint density at radius 2 is 1.83 bits per heavy atom. The number of anilines is 2. The van der Waals surface area contributed by atoms with Gasteiger partial charge in [-0.3, -0.25) is 9.80 Å². The Balaban J connectivity index is 1.59. The molecule has 30 heavy (non-hydrogen) atoms. The summed E-state index contributed by atoms with van der Waals surface area (Å²) in [6.45, 7) is 4.94. The maximum Gasteiger partial charge on any atom is 0.330 e. The van der Waals surface area contributed by atoms with Crippen LogP contribution >= 0.6 is 0 Å². The van der Waals surface area contributed by atoms with Crippen molar-refractivity contribution in [1.29, 1.82) is 0 Å². The molecule has 0 N–H and O–H groups in total. The predicted octanol–water partition coefficient (Wildman–Crippen LogP) is 2.17. The smallest absolute Gasteiger partial charge is 0.310 e. The van der Waals surface area contributed by atoms with E-state index in [0.29, 0.717) is 36.1 Å². The fourth-order valence-corrected chi connectivity index (χ4v) is 3.80. The Hall–Kier alpha value is -3.34. The molecule has 1 fully saturated rings. The van der Waals surface area contributed by atoms with Crippen molar-refractivity contribution in [3.63, 3.8) is 0 Å². The van der Waals surface area contributed by atoms with Crippen LogP contribution in [-0.2, 0) is 9.84 Å². The van der Waals surface area contributed by atoms with Crippen LogP contribution in [0.5, 0.6) is 0 Å². The first-order chi connectivity index (χ1) is 14.3. The molecule has 1 saturated heterocycles. The van der Waals surface area contributed by atoms with E-state index in [4.69, 9.17) is 0 Å². The largest absolute Gasteiger partial charge is 0.330 e. The molecule has 0 atom stereocenters. The minimum atomic E-state index is -3.39. The number of amides is 2. The van der Waals surface area contributed by atoms with Gasteiger partial charge in [0.25, 0.3) is 0 Å². The van der Waals surface area contributed by atoms with Gasteiger partial charge in [0.2, 0.25) is 0 Å². The number of carbonyl (C=O) groups excluding carboxylic acids is 1. The van der Waals surface area contributed by atoms with Crippen LogP contribution in [0.4, 0.5) is 16.3 Å². The van der Waals surface area contributed by atoms with Crippen LogP contribution in [0.2, 0.25) is 0 Å². The number of rotatable bonds is 5. The van der Waals surface area contributed by atoms with Gasteiger partial charge in [0, 0.05) is 25.4 Å². The van der Waals surface area contributed by atoms with Crippen LogP contribution in [0.15, 0.2) is 47.9 Å². The molecule has 0 aliphatic carbocycles. The molecule has 4 heterocycles. The Kier molecular flexibility index (Phi) is 4.98. The van der Waals surface area contributed by atoms with Gasteiger partial charge in [-0.2, -0.15) is 0 Å². The predicted molar refractivity (Wildman–Crippen MR) is 111 cm³/mol. The Morgan fingerprint density at radius 3 is 2.50 bits per heavy atom. The number of hydrogen-bond acceptors (Lipinski definition) is 7. The zero-order chi connectivity index (χ0) is 21.5. The van der Waals surface area contributed by atoms with E-state index in [9.17, 15) is 13.2 Å². The third-order valence-corrected chi connectivity index (χ3v) is 5.79. The van der Waals surface area contributed by atoms with Crippen LogP contribution in [0, 0.1) is 0 Å². The van der Waals surface area contributed by atoms with Gasteiger partial charge >= 0.3 is 6.03 Å². The minimum absolute atomic E-state index is 0.0293. The minimum Gasteiger partial charge on any atom is -0.310 e. The molecule has 11 heteroatoms. The van der Waals surface area contributed by atoms with Gasteiger partial charge in [-0.25, -0.2) is 23.2 Å². The summed E-state index contributed by atoms with van der Waals surface area (Å²) in [5.74, 6) is 1.15. The highest BCUT2D eigenvalue weighted by molar-refractivity contribution is 7.90. The number of nitrogens with zero attached hydrogens (tertiary/aromatic N) is 7. The summed E-state index contributed by atoms with van der Waals surface area (Å²) in [5, 5.41) is 8.11. The summed E-state index contributed by atoms with van der Waals surface area (Å²) in [5.41, 5.74) is 1.16. The summed E-state index contributed by atoms with van der Waals surface area (Å²) >= 11 is 0. The van der Waals surface area contributed by atoms with Crippen molar-refractivity contribution >= 4 is 27.4 Å². The van der Waals surface area contributed by atoms with Crippen LogP contribution in [0.3, 0.4) is 0 Å². The zero-order valence-electron chi connectivity index (χ0n) is 16.8. The third-order valence-electron chi connectivity index (χ3n) is 4.79. The molecular weight excluding hydrogens is 406 g/mol. The molecule has 3 aromatic heterocycles. The first-order valence-corrected chi connectivity index (χ1v) is 11.3. The van der Waals surface area contributed by atoms with E-state index < -0.39 is 9.84 Å². The summed E-state index contributed by atoms with van der Waals surface area (Å²) < 4.78 is 25.1. The van der Waals surface area contributed by atoms with Crippen molar-refractivity contribution in [2.45, 2.75) is 24.9 Å². The van der Waals surface area contributed by atoms with Crippen LogP contribution in [0.25, 0.3) is 11.5 Å². The molecule has 1 aliphatic heterocycles. The molecule has 10 nitrogen and oxygen atoms in total. The second kappa shape index (κ2) is 7.48. The fraction of sp³-hybridized carbons (Fsp3) is 0.316. The quantitative estimate of drug-likeness (QED) is 0.613. The Bertz CT molecular complexity index is 1190. The van der Waals surface area contributed by atoms with Crippen molar-refractivity contribution < 1.29 is 13.2 Å². The topological polar surface area (TPSA) is 114 Å². The molecule has 2 amide bonds. The molecular formula is C19H21N7O3S. The number of sulfone groups is 1. The van der Waals surface area contributed by atoms with Crippen molar-refractivity contribution in [2.24, 2.45) is 0 Å². The van der Waals surface area contributed by atoms with E-state index >= 15 is 0 Å². The normalized spacial score (nSPS) is 14.7. The van der Waals surface area contributed by atoms with Gasteiger partial charge in [-0.05, 0) is 38.1 Å². The van der Waals surface area contributed by atoms with E-state index in [1.165, 1.54) is 12.3 Å². The maximum atomic E-state index is 13.0. The lowest BCUT2D eigenvalue weighted by atomic mass is 10.3. The highest BCUT2D eigenvalue weighted by Crippen LogP contribution is 2.26. The van der Waals surface area contributed by atoms with E-state index in [1.54, 1.807) is 28.3 Å². The van der Waals surface area contributed by atoms with Crippen LogP contribution < -0.4 is 9.80 Å². The van der Waals surface area contributed by atoms with Crippen molar-refractivity contribution in [3.05, 3.63) is 42.9 Å². The second-order valence-corrected chi connectivity index (χ2v) is 9.21. The van der Waals surface area contributed by atoms with Gasteiger partial charge < -0.3 is 4.57 Å². The summed E-state index contributed by atoms with van der Waals surface area (Å²) in [4.78, 5) is 24.7. The first-order valence-electron chi connectivity index (χ1n) is 9.38. The summed E-state index contributed by atoms with van der Waals surface area (Å²) in [6, 6.07) is 8.34. The van der Waals surface area contributed by atoms with Crippen molar-refractivity contribution in [3.8, 4) is 11.5 Å². The Labute approximate surface area is 174 Å². The van der Waals surface area contributed by atoms with E-state index in [2.05, 4.69) is 20.2 Å². The molecule has 0 bridgehead atoms. The number of urea groups is 1. The second-order valence-electron chi connectivity index (χ2n) is 7.25. The van der Waals surface area contributed by atoms with E-state index in [0.717, 1.165) is 6.26 Å². The molecule has 0 saturated carbocycles. The molecule has 156 valence electrons. The number of carbonyl (C=O) groups is 1. The van der Waals surface area contributed by atoms with E-state index in [1.807, 2.05) is 30.5 Å². The van der Waals surface area contributed by atoms with Crippen LogP contribution in [0.1, 0.15) is 19.9 Å². The molecule has 0 aromatic carbocycles. The first kappa shape index (κ1) is 20.0. The Morgan fingerprint density at radius 1 is 1.07 bits per heavy atom. The standard InChI is InChI=1S/C19H21N7O3S/c1-13(2)26-12-21-23-18(26)15-5-4-6-16(22-15)25-10-9-24(19(25)27)14-7-8-17(20-11-14)30(3,28)29/h4-8,11-13H,9-10H2,1-3H3. The highest BCUT2D eigenvalue weighted by atomic mass is 32.2. The fourth-order valence-electron chi connectivity index (χ4n) is 3.24. The van der Waals surface area contributed by atoms with E-state index in [-0.39, 0.29) is 17.1 Å². The molecule has 1 aliphatic rings. The molecule has 3 aromatic rings. The summed E-state index contributed by atoms with van der Waals surface area (Å²) in [7, 11) is -3.39. The lowest BCUT2D eigenvalue weighted by molar-refractivity contribution is 0.255. The van der Waals surface area contributed by atoms with Gasteiger partial charge in [0.05, 0.1) is 11.9 Å². The SMILES string of the molecule is CC(C)n1cnnc1-c1cccc(N2CCN(c3ccc(S(C)(=O)=O)nc3)C2=O)n1. The zero-order valence-corrected chi connectivity index (χ0v) is 17.6. The van der Waals surface area contributed by atoms with Gasteiger partial charge in [-0.15, -0.1) is 10.2 Å². The lowest BCUT2D eigenvalue weighted by Crippen LogP contribution is -2.32. The number of pyridine rings is 2. The molecule has 0 spiro atoms. The number of hydrogen-bond donors (Lipinski definition) is 0. The summed E-state index contributed by atoms with van der Waals surface area (Å²) in [6.07, 6.45) is 4.15. The van der Waals surface area contributed by atoms with Crippen molar-refractivity contribution in [1.82, 2.24) is 24.7 Å².